The zero-order valence-electron chi connectivity index (χ0n) is 13.1. The van der Waals surface area contributed by atoms with Gasteiger partial charge in [-0.15, -0.1) is 0 Å². The lowest BCUT2D eigenvalue weighted by Gasteiger charge is -2.16. The van der Waals surface area contributed by atoms with E-state index in [4.69, 9.17) is 21.5 Å². The SMILES string of the molecule is Cc1cc(Cl)ccc1O[C@H](C)C(=O)Nc1ccc(S(N)(=O)=O)cc1. The third-order valence-electron chi connectivity index (χ3n) is 3.26. The Morgan fingerprint density at radius 3 is 2.38 bits per heavy atom. The summed E-state index contributed by atoms with van der Waals surface area (Å²) in [5.41, 5.74) is 1.26. The van der Waals surface area contributed by atoms with Crippen LogP contribution in [0.3, 0.4) is 0 Å². The molecule has 8 heteroatoms. The van der Waals surface area contributed by atoms with Gasteiger partial charge in [-0.05, 0) is 61.9 Å². The number of carbonyl (C=O) groups excluding carboxylic acids is 1. The maximum atomic E-state index is 12.2. The molecule has 2 aromatic carbocycles. The van der Waals surface area contributed by atoms with Crippen LogP contribution < -0.4 is 15.2 Å². The zero-order valence-corrected chi connectivity index (χ0v) is 14.7. The van der Waals surface area contributed by atoms with E-state index in [-0.39, 0.29) is 10.8 Å². The fourth-order valence-electron chi connectivity index (χ4n) is 1.96. The second-order valence-corrected chi connectivity index (χ2v) is 7.23. The first-order valence-corrected chi connectivity index (χ1v) is 8.96. The summed E-state index contributed by atoms with van der Waals surface area (Å²) in [5.74, 6) is 0.194. The van der Waals surface area contributed by atoms with E-state index in [0.717, 1.165) is 5.56 Å². The second-order valence-electron chi connectivity index (χ2n) is 5.23. The molecule has 24 heavy (non-hydrogen) atoms. The fraction of sp³-hybridized carbons (Fsp3) is 0.188. The number of ether oxygens (including phenoxy) is 1. The highest BCUT2D eigenvalue weighted by atomic mass is 35.5. The Bertz CT molecular complexity index is 851. The molecule has 0 saturated heterocycles. The molecule has 0 unspecified atom stereocenters. The topological polar surface area (TPSA) is 98.5 Å². The van der Waals surface area contributed by atoms with Crippen molar-refractivity contribution in [3.63, 3.8) is 0 Å². The largest absolute Gasteiger partial charge is 0.481 e. The van der Waals surface area contributed by atoms with Gasteiger partial charge < -0.3 is 10.1 Å². The third-order valence-corrected chi connectivity index (χ3v) is 4.42. The number of nitrogens with one attached hydrogen (secondary N) is 1. The molecule has 0 fully saturated rings. The van der Waals surface area contributed by atoms with E-state index in [2.05, 4.69) is 5.32 Å². The van der Waals surface area contributed by atoms with E-state index in [1.165, 1.54) is 24.3 Å². The highest BCUT2D eigenvalue weighted by Gasteiger charge is 2.16. The summed E-state index contributed by atoms with van der Waals surface area (Å²) in [6.45, 7) is 3.44. The van der Waals surface area contributed by atoms with Crippen molar-refractivity contribution in [1.82, 2.24) is 0 Å². The fourth-order valence-corrected chi connectivity index (χ4v) is 2.70. The van der Waals surface area contributed by atoms with Gasteiger partial charge >= 0.3 is 0 Å². The molecule has 0 bridgehead atoms. The van der Waals surface area contributed by atoms with E-state index in [9.17, 15) is 13.2 Å². The number of sulfonamides is 1. The van der Waals surface area contributed by atoms with Crippen molar-refractivity contribution < 1.29 is 17.9 Å². The number of benzene rings is 2. The van der Waals surface area contributed by atoms with Gasteiger partial charge in [0.25, 0.3) is 5.91 Å². The minimum Gasteiger partial charge on any atom is -0.481 e. The maximum Gasteiger partial charge on any atom is 0.265 e. The molecule has 6 nitrogen and oxygen atoms in total. The van der Waals surface area contributed by atoms with Crippen molar-refractivity contribution in [2.24, 2.45) is 5.14 Å². The van der Waals surface area contributed by atoms with E-state index in [1.807, 2.05) is 6.92 Å². The summed E-state index contributed by atoms with van der Waals surface area (Å²) in [5, 5.41) is 8.26. The van der Waals surface area contributed by atoms with Crippen LogP contribution >= 0.6 is 11.6 Å². The van der Waals surface area contributed by atoms with E-state index in [1.54, 1.807) is 25.1 Å². The Labute approximate surface area is 145 Å². The molecule has 1 atom stereocenters. The Balaban J connectivity index is 2.03. The lowest BCUT2D eigenvalue weighted by atomic mass is 10.2. The summed E-state index contributed by atoms with van der Waals surface area (Å²) >= 11 is 5.88. The normalized spacial score (nSPS) is 12.5. The van der Waals surface area contributed by atoms with Crippen molar-refractivity contribution in [3.05, 3.63) is 53.1 Å². The highest BCUT2D eigenvalue weighted by molar-refractivity contribution is 7.89. The van der Waals surface area contributed by atoms with E-state index >= 15 is 0 Å². The monoisotopic (exact) mass is 368 g/mol. The number of hydrogen-bond donors (Lipinski definition) is 2. The van der Waals surface area contributed by atoms with Crippen LogP contribution in [-0.2, 0) is 14.8 Å². The van der Waals surface area contributed by atoms with Crippen molar-refractivity contribution >= 4 is 33.2 Å². The van der Waals surface area contributed by atoms with E-state index in [0.29, 0.717) is 16.5 Å². The predicted molar refractivity (Wildman–Crippen MR) is 92.7 cm³/mol. The predicted octanol–water partition coefficient (Wildman–Crippen LogP) is 2.70. The average molecular weight is 369 g/mol. The van der Waals surface area contributed by atoms with Crippen molar-refractivity contribution in [2.75, 3.05) is 5.32 Å². The summed E-state index contributed by atoms with van der Waals surface area (Å²) < 4.78 is 28.0. The molecule has 0 aliphatic carbocycles. The van der Waals surface area contributed by atoms with E-state index < -0.39 is 16.1 Å². The van der Waals surface area contributed by atoms with Gasteiger partial charge in [0, 0.05) is 10.7 Å². The molecule has 0 aliphatic rings. The lowest BCUT2D eigenvalue weighted by Crippen LogP contribution is -2.30. The van der Waals surface area contributed by atoms with Crippen molar-refractivity contribution in [1.29, 1.82) is 0 Å². The summed E-state index contributed by atoms with van der Waals surface area (Å²) in [7, 11) is -3.76. The average Bonchev–Trinajstić information content (AvgIpc) is 2.49. The van der Waals surface area contributed by atoms with Crippen LogP contribution in [0.5, 0.6) is 5.75 Å². The summed E-state index contributed by atoms with van der Waals surface area (Å²) in [4.78, 5) is 12.1. The van der Waals surface area contributed by atoms with Crippen molar-refractivity contribution in [3.8, 4) is 5.75 Å². The Hall–Kier alpha value is -2.09. The molecular weight excluding hydrogens is 352 g/mol. The number of hydrogen-bond acceptors (Lipinski definition) is 4. The van der Waals surface area contributed by atoms with Crippen molar-refractivity contribution in [2.45, 2.75) is 24.8 Å². The minimum absolute atomic E-state index is 0.0263. The smallest absolute Gasteiger partial charge is 0.265 e. The van der Waals surface area contributed by atoms with Crippen LogP contribution in [0.25, 0.3) is 0 Å². The third kappa shape index (κ3) is 4.70. The van der Waals surface area contributed by atoms with Crippen LogP contribution in [0.2, 0.25) is 5.02 Å². The Kier molecular flexibility index (Phi) is 5.48. The molecule has 3 N–H and O–H groups in total. The molecule has 2 aromatic rings. The van der Waals surface area contributed by atoms with Gasteiger partial charge in [-0.2, -0.15) is 0 Å². The molecule has 128 valence electrons. The number of amides is 1. The van der Waals surface area contributed by atoms with Crippen LogP contribution in [-0.4, -0.2) is 20.4 Å². The first-order chi connectivity index (χ1) is 11.2. The molecule has 0 heterocycles. The molecule has 2 rings (SSSR count). The van der Waals surface area contributed by atoms with Crippen LogP contribution in [0.4, 0.5) is 5.69 Å². The van der Waals surface area contributed by atoms with Gasteiger partial charge in [-0.25, -0.2) is 13.6 Å². The molecular formula is C16H17ClN2O4S. The Morgan fingerprint density at radius 1 is 1.21 bits per heavy atom. The molecule has 0 saturated carbocycles. The molecule has 0 aliphatic heterocycles. The maximum absolute atomic E-state index is 12.2. The van der Waals surface area contributed by atoms with Crippen LogP contribution in [0, 0.1) is 6.92 Å². The summed E-state index contributed by atoms with van der Waals surface area (Å²) in [6.07, 6.45) is -0.747. The number of carbonyl (C=O) groups is 1. The summed E-state index contributed by atoms with van der Waals surface area (Å²) in [6, 6.07) is 10.7. The second kappa shape index (κ2) is 7.21. The number of rotatable bonds is 5. The molecule has 0 spiro atoms. The first kappa shape index (κ1) is 18.3. The molecule has 0 radical (unpaired) electrons. The van der Waals surface area contributed by atoms with Gasteiger partial charge in [0.1, 0.15) is 5.75 Å². The number of primary sulfonamides is 1. The van der Waals surface area contributed by atoms with Crippen LogP contribution in [0.15, 0.2) is 47.4 Å². The van der Waals surface area contributed by atoms with Gasteiger partial charge in [0.05, 0.1) is 4.90 Å². The number of aryl methyl sites for hydroxylation is 1. The number of halogens is 1. The zero-order chi connectivity index (χ0) is 17.9. The number of nitrogens with two attached hydrogens (primary N) is 1. The minimum atomic E-state index is -3.76. The van der Waals surface area contributed by atoms with Gasteiger partial charge in [0.15, 0.2) is 6.10 Å². The first-order valence-electron chi connectivity index (χ1n) is 7.03. The van der Waals surface area contributed by atoms with Crippen LogP contribution in [0.1, 0.15) is 12.5 Å². The standard InChI is InChI=1S/C16H17ClN2O4S/c1-10-9-12(17)3-8-15(10)23-11(2)16(20)19-13-4-6-14(7-5-13)24(18,21)22/h3-9,11H,1-2H3,(H,19,20)(H2,18,21,22)/t11-/m1/s1. The van der Waals surface area contributed by atoms with Gasteiger partial charge in [-0.3, -0.25) is 4.79 Å². The van der Waals surface area contributed by atoms with Gasteiger partial charge in [0.2, 0.25) is 10.0 Å². The highest BCUT2D eigenvalue weighted by Crippen LogP contribution is 2.23. The Morgan fingerprint density at radius 2 is 1.83 bits per heavy atom. The molecule has 1 amide bonds. The van der Waals surface area contributed by atoms with Gasteiger partial charge in [-0.1, -0.05) is 11.6 Å². The quantitative estimate of drug-likeness (QED) is 0.847. The lowest BCUT2D eigenvalue weighted by molar-refractivity contribution is -0.122. The number of anilines is 1. The molecule has 0 aromatic heterocycles.